The highest BCUT2D eigenvalue weighted by atomic mass is 79.9. The predicted molar refractivity (Wildman–Crippen MR) is 152 cm³/mol. The van der Waals surface area contributed by atoms with Gasteiger partial charge >= 0.3 is 0 Å². The highest BCUT2D eigenvalue weighted by molar-refractivity contribution is 9.36. The summed E-state index contributed by atoms with van der Waals surface area (Å²) in [6, 6.07) is 33.5. The first-order valence-electron chi connectivity index (χ1n) is 12.7. The fourth-order valence-corrected chi connectivity index (χ4v) is 6.34. The SMILES string of the molecule is BrPCCCCCCCCCC(Cc1ccccc1)(Cc1ccccc1)Cc1ccccc1. The summed E-state index contributed by atoms with van der Waals surface area (Å²) in [7, 11) is 0.939. The first kappa shape index (κ1) is 26.2. The highest BCUT2D eigenvalue weighted by Gasteiger charge is 2.30. The van der Waals surface area contributed by atoms with Crippen LogP contribution in [0, 0.1) is 5.41 Å². The highest BCUT2D eigenvalue weighted by Crippen LogP contribution is 2.37. The smallest absolute Gasteiger partial charge is 0.0176 e. The van der Waals surface area contributed by atoms with E-state index in [1.54, 1.807) is 0 Å². The van der Waals surface area contributed by atoms with E-state index in [1.807, 2.05) is 0 Å². The zero-order valence-electron chi connectivity index (χ0n) is 20.0. The zero-order chi connectivity index (χ0) is 23.0. The fraction of sp³-hybridized carbons (Fsp3) is 0.419. The van der Waals surface area contributed by atoms with Crippen molar-refractivity contribution in [2.45, 2.75) is 70.6 Å². The van der Waals surface area contributed by atoms with E-state index in [0.29, 0.717) is 0 Å². The molecule has 2 heteroatoms. The molecule has 0 radical (unpaired) electrons. The van der Waals surface area contributed by atoms with Crippen molar-refractivity contribution in [1.29, 1.82) is 0 Å². The molecule has 1 atom stereocenters. The first-order valence-corrected chi connectivity index (χ1v) is 16.2. The van der Waals surface area contributed by atoms with E-state index >= 15 is 0 Å². The number of rotatable bonds is 16. The Bertz CT molecular complexity index is 762. The van der Waals surface area contributed by atoms with E-state index in [2.05, 4.69) is 106 Å². The molecular weight excluding hydrogens is 483 g/mol. The first-order chi connectivity index (χ1) is 16.3. The molecule has 3 rings (SSSR count). The van der Waals surface area contributed by atoms with Crippen molar-refractivity contribution in [2.24, 2.45) is 5.41 Å². The largest absolute Gasteiger partial charge is 0.0642 e. The lowest BCUT2D eigenvalue weighted by Gasteiger charge is -2.35. The fourth-order valence-electron chi connectivity index (χ4n) is 5.11. The van der Waals surface area contributed by atoms with E-state index in [0.717, 1.165) is 26.5 Å². The Kier molecular flexibility index (Phi) is 12.3. The molecule has 0 aromatic heterocycles. The average Bonchev–Trinajstić information content (AvgIpc) is 2.85. The molecule has 3 aromatic rings. The molecule has 0 heterocycles. The summed E-state index contributed by atoms with van der Waals surface area (Å²) in [6.45, 7) is 0. The lowest BCUT2D eigenvalue weighted by atomic mass is 9.69. The molecule has 0 aliphatic heterocycles. The Hall–Kier alpha value is -1.43. The minimum atomic E-state index is 0.251. The summed E-state index contributed by atoms with van der Waals surface area (Å²) in [5.74, 6) is 0. The van der Waals surface area contributed by atoms with Crippen molar-refractivity contribution < 1.29 is 0 Å². The van der Waals surface area contributed by atoms with Crippen LogP contribution in [-0.2, 0) is 19.3 Å². The molecule has 0 saturated carbocycles. The molecule has 0 bridgehead atoms. The van der Waals surface area contributed by atoms with E-state index in [9.17, 15) is 0 Å². The molecule has 3 aromatic carbocycles. The van der Waals surface area contributed by atoms with Gasteiger partial charge in [0.2, 0.25) is 0 Å². The van der Waals surface area contributed by atoms with Crippen LogP contribution < -0.4 is 0 Å². The Labute approximate surface area is 212 Å². The van der Waals surface area contributed by atoms with Gasteiger partial charge in [-0.15, -0.1) is 0 Å². The van der Waals surface area contributed by atoms with Crippen LogP contribution in [0.3, 0.4) is 0 Å². The van der Waals surface area contributed by atoms with E-state index in [1.165, 1.54) is 74.2 Å². The summed E-state index contributed by atoms with van der Waals surface area (Å²) in [4.78, 5) is 0. The Balaban J connectivity index is 1.69. The lowest BCUT2D eigenvalue weighted by molar-refractivity contribution is 0.243. The lowest BCUT2D eigenvalue weighted by Crippen LogP contribution is -2.30. The third kappa shape index (κ3) is 10.2. The summed E-state index contributed by atoms with van der Waals surface area (Å²) in [5, 5.41) is 0. The van der Waals surface area contributed by atoms with Crippen molar-refractivity contribution in [3.63, 3.8) is 0 Å². The van der Waals surface area contributed by atoms with Crippen LogP contribution in [0.15, 0.2) is 91.0 Å². The minimum absolute atomic E-state index is 0.251. The molecule has 0 amide bonds. The number of halogens is 1. The van der Waals surface area contributed by atoms with Gasteiger partial charge in [-0.2, -0.15) is 0 Å². The zero-order valence-corrected chi connectivity index (χ0v) is 22.6. The van der Waals surface area contributed by atoms with Crippen molar-refractivity contribution in [1.82, 2.24) is 0 Å². The van der Waals surface area contributed by atoms with E-state index in [-0.39, 0.29) is 5.41 Å². The Morgan fingerprint density at radius 1 is 0.485 bits per heavy atom. The third-order valence-corrected chi connectivity index (χ3v) is 8.48. The van der Waals surface area contributed by atoms with Crippen LogP contribution in [0.1, 0.15) is 68.1 Å². The maximum atomic E-state index is 3.57. The summed E-state index contributed by atoms with van der Waals surface area (Å²) in [5.41, 5.74) is 4.66. The molecule has 0 saturated heterocycles. The van der Waals surface area contributed by atoms with Crippen LogP contribution in [0.5, 0.6) is 0 Å². The van der Waals surface area contributed by atoms with Gasteiger partial charge in [-0.25, -0.2) is 0 Å². The normalized spacial score (nSPS) is 11.9. The molecule has 0 nitrogen and oxygen atoms in total. The molecule has 0 aliphatic rings. The molecule has 176 valence electrons. The molecule has 0 N–H and O–H groups in total. The van der Waals surface area contributed by atoms with Crippen LogP contribution in [-0.4, -0.2) is 6.16 Å². The number of hydrogen-bond donors (Lipinski definition) is 0. The average molecular weight is 524 g/mol. The molecule has 0 aliphatic carbocycles. The van der Waals surface area contributed by atoms with Gasteiger partial charge in [-0.05, 0) is 60.4 Å². The van der Waals surface area contributed by atoms with Gasteiger partial charge in [-0.3, -0.25) is 0 Å². The minimum Gasteiger partial charge on any atom is -0.0642 e. The van der Waals surface area contributed by atoms with Crippen LogP contribution >= 0.6 is 22.8 Å². The van der Waals surface area contributed by atoms with Gasteiger partial charge in [0.05, 0.1) is 0 Å². The van der Waals surface area contributed by atoms with Gasteiger partial charge in [0.1, 0.15) is 0 Å². The van der Waals surface area contributed by atoms with Crippen LogP contribution in [0.25, 0.3) is 0 Å². The van der Waals surface area contributed by atoms with Crippen molar-refractivity contribution >= 4 is 22.8 Å². The number of hydrogen-bond acceptors (Lipinski definition) is 0. The monoisotopic (exact) mass is 522 g/mol. The molecule has 0 fully saturated rings. The second-order valence-electron chi connectivity index (χ2n) is 9.60. The summed E-state index contributed by atoms with van der Waals surface area (Å²) in [6.07, 6.45) is 15.7. The van der Waals surface area contributed by atoms with Crippen molar-refractivity contribution in [3.05, 3.63) is 108 Å². The Morgan fingerprint density at radius 3 is 1.24 bits per heavy atom. The quantitative estimate of drug-likeness (QED) is 0.129. The maximum Gasteiger partial charge on any atom is -0.0176 e. The molecule has 33 heavy (non-hydrogen) atoms. The third-order valence-electron chi connectivity index (χ3n) is 6.74. The number of benzene rings is 3. The Morgan fingerprint density at radius 2 is 0.848 bits per heavy atom. The molecular formula is C31H40BrP. The topological polar surface area (TPSA) is 0 Å². The standard InChI is InChI=1S/C31H40BrP/c32-33-24-16-5-3-1-2-4-15-23-31(25-28-17-9-6-10-18-28,26-29-19-11-7-12-20-29)27-30-21-13-8-14-22-30/h6-14,17-22,33H,1-5,15-16,23-27H2. The molecule has 1 unspecified atom stereocenters. The molecule has 0 spiro atoms. The van der Waals surface area contributed by atoms with Gasteiger partial charge in [0.15, 0.2) is 0 Å². The van der Waals surface area contributed by atoms with E-state index in [4.69, 9.17) is 0 Å². The van der Waals surface area contributed by atoms with Crippen LogP contribution in [0.2, 0.25) is 0 Å². The van der Waals surface area contributed by atoms with Crippen LogP contribution in [0.4, 0.5) is 0 Å². The van der Waals surface area contributed by atoms with Gasteiger partial charge < -0.3 is 0 Å². The van der Waals surface area contributed by atoms with Crippen molar-refractivity contribution in [2.75, 3.05) is 6.16 Å². The van der Waals surface area contributed by atoms with Crippen molar-refractivity contribution in [3.8, 4) is 0 Å². The van der Waals surface area contributed by atoms with Gasteiger partial charge in [0, 0.05) is 0 Å². The number of unbranched alkanes of at least 4 members (excludes halogenated alkanes) is 6. The summed E-state index contributed by atoms with van der Waals surface area (Å²) < 4.78 is 0. The van der Waals surface area contributed by atoms with Gasteiger partial charge in [-0.1, -0.05) is 152 Å². The predicted octanol–water partition coefficient (Wildman–Crippen LogP) is 9.81. The van der Waals surface area contributed by atoms with E-state index < -0.39 is 0 Å². The maximum absolute atomic E-state index is 3.57. The van der Waals surface area contributed by atoms with Gasteiger partial charge in [0.25, 0.3) is 0 Å². The summed E-state index contributed by atoms with van der Waals surface area (Å²) >= 11 is 3.57. The second kappa shape index (κ2) is 15.5. The second-order valence-corrected chi connectivity index (χ2v) is 12.0.